The quantitative estimate of drug-likeness (QED) is 0.828. The molecule has 2 aromatic rings. The first-order valence-electron chi connectivity index (χ1n) is 7.28. The van der Waals surface area contributed by atoms with Crippen molar-refractivity contribution in [3.8, 4) is 0 Å². The molecule has 4 nitrogen and oxygen atoms in total. The van der Waals surface area contributed by atoms with Gasteiger partial charge in [0.15, 0.2) is 0 Å². The average molecular weight is 348 g/mol. The van der Waals surface area contributed by atoms with Crippen molar-refractivity contribution in [1.29, 1.82) is 0 Å². The van der Waals surface area contributed by atoms with Gasteiger partial charge in [-0.05, 0) is 48.0 Å². The molecule has 0 saturated heterocycles. The first-order valence-corrected chi connectivity index (χ1v) is 7.28. The number of anilines is 1. The van der Waals surface area contributed by atoms with E-state index in [1.165, 1.54) is 31.3 Å². The summed E-state index contributed by atoms with van der Waals surface area (Å²) in [6.07, 6.45) is -1.76. The number of alkyl halides is 3. The van der Waals surface area contributed by atoms with E-state index in [4.69, 9.17) is 0 Å². The Labute approximate surface area is 142 Å². The lowest BCUT2D eigenvalue weighted by atomic mass is 10.1. The molecule has 0 saturated carbocycles. The molecule has 2 N–H and O–H groups in total. The molecule has 0 heterocycles. The molecule has 0 aliphatic heterocycles. The van der Waals surface area contributed by atoms with E-state index in [1.54, 1.807) is 24.3 Å². The summed E-state index contributed by atoms with van der Waals surface area (Å²) in [5.74, 6) is -0.673. The van der Waals surface area contributed by atoms with Gasteiger partial charge in [-0.3, -0.25) is 9.59 Å². The SMILES string of the molecule is CNC(=O)c1ccc(NC(=O)/C=C/c2ccc(C(F)(F)F)cc2)cc1. The number of nitrogens with one attached hydrogen (secondary N) is 2. The van der Waals surface area contributed by atoms with Crippen LogP contribution in [0.25, 0.3) is 6.08 Å². The van der Waals surface area contributed by atoms with Gasteiger partial charge in [0.2, 0.25) is 5.91 Å². The standard InChI is InChI=1S/C18H15F3N2O2/c1-22-17(25)13-5-9-15(10-6-13)23-16(24)11-4-12-2-7-14(8-3-12)18(19,20)21/h2-11H,1H3,(H,22,25)(H,23,24)/b11-4+. The summed E-state index contributed by atoms with van der Waals surface area (Å²) in [5, 5.41) is 5.08. The largest absolute Gasteiger partial charge is 0.416 e. The van der Waals surface area contributed by atoms with Gasteiger partial charge in [-0.1, -0.05) is 12.1 Å². The number of benzene rings is 2. The minimum absolute atomic E-state index is 0.236. The predicted octanol–water partition coefficient (Wildman–Crippen LogP) is 3.72. The van der Waals surface area contributed by atoms with Gasteiger partial charge in [0.1, 0.15) is 0 Å². The first kappa shape index (κ1) is 18.3. The smallest absolute Gasteiger partial charge is 0.355 e. The monoisotopic (exact) mass is 348 g/mol. The average Bonchev–Trinajstić information content (AvgIpc) is 2.59. The third-order valence-corrected chi connectivity index (χ3v) is 3.31. The fourth-order valence-corrected chi connectivity index (χ4v) is 1.99. The van der Waals surface area contributed by atoms with Crippen molar-refractivity contribution >= 4 is 23.6 Å². The lowest BCUT2D eigenvalue weighted by molar-refractivity contribution is -0.137. The van der Waals surface area contributed by atoms with Crippen LogP contribution in [0.3, 0.4) is 0 Å². The van der Waals surface area contributed by atoms with Crippen LogP contribution in [0.2, 0.25) is 0 Å². The Morgan fingerprint density at radius 1 is 0.960 bits per heavy atom. The highest BCUT2D eigenvalue weighted by Crippen LogP contribution is 2.29. The van der Waals surface area contributed by atoms with Crippen molar-refractivity contribution in [2.24, 2.45) is 0 Å². The topological polar surface area (TPSA) is 58.2 Å². The molecule has 25 heavy (non-hydrogen) atoms. The van der Waals surface area contributed by atoms with E-state index in [1.807, 2.05) is 0 Å². The molecule has 2 aromatic carbocycles. The highest BCUT2D eigenvalue weighted by molar-refractivity contribution is 6.02. The maximum absolute atomic E-state index is 12.5. The third-order valence-electron chi connectivity index (χ3n) is 3.31. The molecule has 0 fully saturated rings. The van der Waals surface area contributed by atoms with Gasteiger partial charge in [-0.25, -0.2) is 0 Å². The molecular formula is C18H15F3N2O2. The highest BCUT2D eigenvalue weighted by Gasteiger charge is 2.29. The molecule has 2 amide bonds. The number of halogens is 3. The van der Waals surface area contributed by atoms with E-state index < -0.39 is 17.6 Å². The minimum Gasteiger partial charge on any atom is -0.355 e. The summed E-state index contributed by atoms with van der Waals surface area (Å²) in [7, 11) is 1.52. The van der Waals surface area contributed by atoms with Crippen LogP contribution < -0.4 is 10.6 Å². The summed E-state index contributed by atoms with van der Waals surface area (Å²) in [5.41, 5.74) is 0.680. The number of rotatable bonds is 4. The molecule has 0 unspecified atom stereocenters. The molecular weight excluding hydrogens is 333 g/mol. The highest BCUT2D eigenvalue weighted by atomic mass is 19.4. The van der Waals surface area contributed by atoms with Crippen LogP contribution in [0.15, 0.2) is 54.6 Å². The second-order valence-electron chi connectivity index (χ2n) is 5.10. The molecule has 130 valence electrons. The fourth-order valence-electron chi connectivity index (χ4n) is 1.99. The van der Waals surface area contributed by atoms with Gasteiger partial charge >= 0.3 is 6.18 Å². The Morgan fingerprint density at radius 2 is 1.56 bits per heavy atom. The van der Waals surface area contributed by atoms with E-state index in [0.29, 0.717) is 16.8 Å². The Balaban J connectivity index is 1.97. The number of carbonyl (C=O) groups is 2. The van der Waals surface area contributed by atoms with Gasteiger partial charge in [0.05, 0.1) is 5.56 Å². The second-order valence-corrected chi connectivity index (χ2v) is 5.10. The Morgan fingerprint density at radius 3 is 2.08 bits per heavy atom. The minimum atomic E-state index is -4.39. The molecule has 2 rings (SSSR count). The van der Waals surface area contributed by atoms with Crippen molar-refractivity contribution < 1.29 is 22.8 Å². The summed E-state index contributed by atoms with van der Waals surface area (Å²) in [6, 6.07) is 10.8. The zero-order valence-electron chi connectivity index (χ0n) is 13.2. The summed E-state index contributed by atoms with van der Waals surface area (Å²) in [6.45, 7) is 0. The second kappa shape index (κ2) is 7.65. The van der Waals surface area contributed by atoms with Gasteiger partial charge in [-0.2, -0.15) is 13.2 Å². The lowest BCUT2D eigenvalue weighted by Crippen LogP contribution is -2.17. The van der Waals surface area contributed by atoms with Crippen LogP contribution >= 0.6 is 0 Å². The number of hydrogen-bond acceptors (Lipinski definition) is 2. The molecule has 0 aliphatic carbocycles. The van der Waals surface area contributed by atoms with Gasteiger partial charge in [0, 0.05) is 24.4 Å². The van der Waals surface area contributed by atoms with E-state index >= 15 is 0 Å². The Bertz CT molecular complexity index is 779. The maximum atomic E-state index is 12.5. The van der Waals surface area contributed by atoms with E-state index in [-0.39, 0.29) is 5.91 Å². The van der Waals surface area contributed by atoms with Crippen LogP contribution in [0.4, 0.5) is 18.9 Å². The number of carbonyl (C=O) groups excluding carboxylic acids is 2. The summed E-state index contributed by atoms with van der Waals surface area (Å²) >= 11 is 0. The van der Waals surface area contributed by atoms with E-state index in [9.17, 15) is 22.8 Å². The molecule has 0 aliphatic rings. The zero-order valence-corrected chi connectivity index (χ0v) is 13.2. The Hall–Kier alpha value is -3.09. The van der Waals surface area contributed by atoms with Crippen LogP contribution in [-0.2, 0) is 11.0 Å². The van der Waals surface area contributed by atoms with Crippen LogP contribution in [0, 0.1) is 0 Å². The third kappa shape index (κ3) is 5.20. The zero-order chi connectivity index (χ0) is 18.4. The van der Waals surface area contributed by atoms with Crippen molar-refractivity contribution in [3.05, 3.63) is 71.3 Å². The normalized spacial score (nSPS) is 11.4. The number of amides is 2. The predicted molar refractivity (Wildman–Crippen MR) is 88.9 cm³/mol. The van der Waals surface area contributed by atoms with Crippen LogP contribution in [-0.4, -0.2) is 18.9 Å². The Kier molecular flexibility index (Phi) is 5.59. The van der Waals surface area contributed by atoms with Crippen molar-refractivity contribution in [3.63, 3.8) is 0 Å². The van der Waals surface area contributed by atoms with Gasteiger partial charge in [-0.15, -0.1) is 0 Å². The maximum Gasteiger partial charge on any atom is 0.416 e. The molecule has 7 heteroatoms. The van der Waals surface area contributed by atoms with Gasteiger partial charge < -0.3 is 10.6 Å². The molecule has 0 atom stereocenters. The summed E-state index contributed by atoms with van der Waals surface area (Å²) < 4.78 is 37.4. The molecule has 0 bridgehead atoms. The van der Waals surface area contributed by atoms with E-state index in [2.05, 4.69) is 10.6 Å². The fraction of sp³-hybridized carbons (Fsp3) is 0.111. The van der Waals surface area contributed by atoms with Crippen molar-refractivity contribution in [2.75, 3.05) is 12.4 Å². The summed E-state index contributed by atoms with van der Waals surface area (Å²) in [4.78, 5) is 23.2. The lowest BCUT2D eigenvalue weighted by Gasteiger charge is -2.06. The van der Waals surface area contributed by atoms with Gasteiger partial charge in [0.25, 0.3) is 5.91 Å². The first-order chi connectivity index (χ1) is 11.8. The van der Waals surface area contributed by atoms with Crippen LogP contribution in [0.1, 0.15) is 21.5 Å². The van der Waals surface area contributed by atoms with Crippen LogP contribution in [0.5, 0.6) is 0 Å². The molecule has 0 radical (unpaired) electrons. The van der Waals surface area contributed by atoms with Crippen molar-refractivity contribution in [1.82, 2.24) is 5.32 Å². The molecule has 0 spiro atoms. The number of hydrogen-bond donors (Lipinski definition) is 2. The van der Waals surface area contributed by atoms with E-state index in [0.717, 1.165) is 12.1 Å². The molecule has 0 aromatic heterocycles. The van der Waals surface area contributed by atoms with Crippen molar-refractivity contribution in [2.45, 2.75) is 6.18 Å².